The Balaban J connectivity index is 2.47. The van der Waals surface area contributed by atoms with Gasteiger partial charge in [-0.15, -0.1) is 11.3 Å². The molecule has 0 saturated heterocycles. The third-order valence-corrected chi connectivity index (χ3v) is 4.08. The van der Waals surface area contributed by atoms with E-state index < -0.39 is 0 Å². The molecular weight excluding hydrogens is 298 g/mol. The van der Waals surface area contributed by atoms with Crippen LogP contribution in [0.5, 0.6) is 0 Å². The van der Waals surface area contributed by atoms with E-state index in [1.54, 1.807) is 11.1 Å². The maximum atomic E-state index is 12.2. The van der Waals surface area contributed by atoms with E-state index >= 15 is 0 Å². The van der Waals surface area contributed by atoms with Gasteiger partial charge in [0.2, 0.25) is 11.8 Å². The van der Waals surface area contributed by atoms with Gasteiger partial charge in [0.05, 0.1) is 6.54 Å². The first kappa shape index (κ1) is 18.6. The van der Waals surface area contributed by atoms with Gasteiger partial charge in [0.1, 0.15) is 0 Å². The zero-order valence-electron chi connectivity index (χ0n) is 13.6. The van der Waals surface area contributed by atoms with Crippen molar-refractivity contribution in [1.29, 1.82) is 0 Å². The summed E-state index contributed by atoms with van der Waals surface area (Å²) in [6.07, 6.45) is 8.41. The molecule has 0 saturated carbocycles. The zero-order chi connectivity index (χ0) is 16.2. The van der Waals surface area contributed by atoms with E-state index in [4.69, 9.17) is 0 Å². The van der Waals surface area contributed by atoms with Gasteiger partial charge in [-0.1, -0.05) is 39.5 Å². The Kier molecular flexibility index (Phi) is 9.46. The molecule has 1 aromatic heterocycles. The number of hydrogen-bond acceptors (Lipinski definition) is 4. The van der Waals surface area contributed by atoms with E-state index in [-0.39, 0.29) is 18.4 Å². The molecule has 5 nitrogen and oxygen atoms in total. The van der Waals surface area contributed by atoms with Crippen LogP contribution in [0.25, 0.3) is 0 Å². The van der Waals surface area contributed by atoms with E-state index in [1.165, 1.54) is 17.8 Å². The van der Waals surface area contributed by atoms with Crippen LogP contribution in [0, 0.1) is 0 Å². The van der Waals surface area contributed by atoms with E-state index in [9.17, 15) is 9.59 Å². The van der Waals surface area contributed by atoms with E-state index in [0.717, 1.165) is 32.1 Å². The van der Waals surface area contributed by atoms with Crippen molar-refractivity contribution in [2.24, 2.45) is 0 Å². The summed E-state index contributed by atoms with van der Waals surface area (Å²) in [6, 6.07) is 0. The van der Waals surface area contributed by atoms with Crippen molar-refractivity contribution < 1.29 is 9.59 Å². The van der Waals surface area contributed by atoms with Crippen LogP contribution in [-0.2, 0) is 9.59 Å². The minimum Gasteiger partial charge on any atom is -0.333 e. The van der Waals surface area contributed by atoms with Crippen LogP contribution in [0.1, 0.15) is 58.8 Å². The standard InChI is InChI=1S/C16H27N3O2S/c1-3-5-7-8-11-19(15(21)9-6-4-2)13-14(20)18-16-17-10-12-22-16/h10,12H,3-9,11,13H2,1-2H3,(H,17,18,20). The summed E-state index contributed by atoms with van der Waals surface area (Å²) in [5, 5.41) is 5.13. The van der Waals surface area contributed by atoms with Gasteiger partial charge in [0.25, 0.3) is 0 Å². The second kappa shape index (κ2) is 11.2. The Labute approximate surface area is 137 Å². The highest BCUT2D eigenvalue weighted by molar-refractivity contribution is 7.13. The summed E-state index contributed by atoms with van der Waals surface area (Å²) < 4.78 is 0. The zero-order valence-corrected chi connectivity index (χ0v) is 14.5. The molecule has 0 atom stereocenters. The first-order valence-electron chi connectivity index (χ1n) is 8.14. The highest BCUT2D eigenvalue weighted by Gasteiger charge is 2.16. The Morgan fingerprint density at radius 3 is 2.59 bits per heavy atom. The molecular formula is C16H27N3O2S. The van der Waals surface area contributed by atoms with E-state index in [2.05, 4.69) is 24.1 Å². The molecule has 0 spiro atoms. The van der Waals surface area contributed by atoms with Crippen LogP contribution in [0.3, 0.4) is 0 Å². The lowest BCUT2D eigenvalue weighted by molar-refractivity contribution is -0.134. The van der Waals surface area contributed by atoms with Gasteiger partial charge in [-0.3, -0.25) is 9.59 Å². The Morgan fingerprint density at radius 1 is 1.18 bits per heavy atom. The number of carbonyl (C=O) groups excluding carboxylic acids is 2. The molecule has 0 radical (unpaired) electrons. The number of unbranched alkanes of at least 4 members (excludes halogenated alkanes) is 4. The average molecular weight is 325 g/mol. The Morgan fingerprint density at radius 2 is 1.95 bits per heavy atom. The maximum absolute atomic E-state index is 12.2. The van der Waals surface area contributed by atoms with Gasteiger partial charge < -0.3 is 10.2 Å². The monoisotopic (exact) mass is 325 g/mol. The minimum atomic E-state index is -0.171. The topological polar surface area (TPSA) is 62.3 Å². The van der Waals surface area contributed by atoms with Gasteiger partial charge in [-0.2, -0.15) is 0 Å². The quantitative estimate of drug-likeness (QED) is 0.631. The fourth-order valence-electron chi connectivity index (χ4n) is 2.12. The molecule has 0 unspecified atom stereocenters. The number of hydrogen-bond donors (Lipinski definition) is 1. The third kappa shape index (κ3) is 7.54. The largest absolute Gasteiger partial charge is 0.333 e. The molecule has 1 N–H and O–H groups in total. The highest BCUT2D eigenvalue weighted by Crippen LogP contribution is 2.11. The number of anilines is 1. The average Bonchev–Trinajstić information content (AvgIpc) is 3.00. The second-order valence-electron chi connectivity index (χ2n) is 5.36. The van der Waals surface area contributed by atoms with Crippen molar-refractivity contribution in [2.75, 3.05) is 18.4 Å². The minimum absolute atomic E-state index is 0.0765. The molecule has 0 aliphatic rings. The van der Waals surface area contributed by atoms with Gasteiger partial charge in [-0.25, -0.2) is 4.98 Å². The Bertz CT molecular complexity index is 435. The number of amides is 2. The lowest BCUT2D eigenvalue weighted by atomic mass is 10.2. The van der Waals surface area contributed by atoms with Crippen molar-refractivity contribution >= 4 is 28.3 Å². The third-order valence-electron chi connectivity index (χ3n) is 3.39. The van der Waals surface area contributed by atoms with Gasteiger partial charge in [0, 0.05) is 24.5 Å². The summed E-state index contributed by atoms with van der Waals surface area (Å²) >= 11 is 1.38. The van der Waals surface area contributed by atoms with Crippen LogP contribution in [0.4, 0.5) is 5.13 Å². The summed E-state index contributed by atoms with van der Waals surface area (Å²) in [4.78, 5) is 30.0. The van der Waals surface area contributed by atoms with Gasteiger partial charge in [-0.05, 0) is 12.8 Å². The van der Waals surface area contributed by atoms with Crippen LogP contribution in [0.15, 0.2) is 11.6 Å². The number of nitrogens with one attached hydrogen (secondary N) is 1. The number of rotatable bonds is 11. The summed E-state index contributed by atoms with van der Waals surface area (Å²) in [6.45, 7) is 5.00. The molecule has 0 bridgehead atoms. The Hall–Kier alpha value is -1.43. The lowest BCUT2D eigenvalue weighted by Gasteiger charge is -2.22. The van der Waals surface area contributed by atoms with Crippen LogP contribution < -0.4 is 5.32 Å². The molecule has 2 amide bonds. The van der Waals surface area contributed by atoms with Crippen molar-refractivity contribution in [1.82, 2.24) is 9.88 Å². The summed E-state index contributed by atoms with van der Waals surface area (Å²) in [5.74, 6) is -0.0945. The van der Waals surface area contributed by atoms with Gasteiger partial charge >= 0.3 is 0 Å². The first-order chi connectivity index (χ1) is 10.7. The SMILES string of the molecule is CCCCCCN(CC(=O)Nc1nccs1)C(=O)CCCC. The van der Waals surface area contributed by atoms with Crippen molar-refractivity contribution in [3.63, 3.8) is 0 Å². The fourth-order valence-corrected chi connectivity index (χ4v) is 2.67. The van der Waals surface area contributed by atoms with Crippen LogP contribution in [-0.4, -0.2) is 34.8 Å². The fraction of sp³-hybridized carbons (Fsp3) is 0.688. The predicted octanol–water partition coefficient (Wildman–Crippen LogP) is 3.68. The van der Waals surface area contributed by atoms with Crippen molar-refractivity contribution in [3.05, 3.63) is 11.6 Å². The predicted molar refractivity (Wildman–Crippen MR) is 91.0 cm³/mol. The first-order valence-corrected chi connectivity index (χ1v) is 9.02. The molecule has 0 aromatic carbocycles. The molecule has 1 heterocycles. The molecule has 124 valence electrons. The van der Waals surface area contributed by atoms with Crippen LogP contribution >= 0.6 is 11.3 Å². The second-order valence-corrected chi connectivity index (χ2v) is 6.26. The molecule has 0 fully saturated rings. The highest BCUT2D eigenvalue weighted by atomic mass is 32.1. The molecule has 0 aliphatic carbocycles. The van der Waals surface area contributed by atoms with E-state index in [0.29, 0.717) is 18.1 Å². The maximum Gasteiger partial charge on any atom is 0.245 e. The lowest BCUT2D eigenvalue weighted by Crippen LogP contribution is -2.38. The summed E-state index contributed by atoms with van der Waals surface area (Å²) in [7, 11) is 0. The molecule has 1 rings (SSSR count). The molecule has 22 heavy (non-hydrogen) atoms. The normalized spacial score (nSPS) is 10.5. The van der Waals surface area contributed by atoms with Crippen molar-refractivity contribution in [3.8, 4) is 0 Å². The number of thiazole rings is 1. The van der Waals surface area contributed by atoms with Crippen molar-refractivity contribution in [2.45, 2.75) is 58.8 Å². The smallest absolute Gasteiger partial charge is 0.245 e. The summed E-state index contributed by atoms with van der Waals surface area (Å²) in [5.41, 5.74) is 0. The number of aromatic nitrogens is 1. The molecule has 0 aliphatic heterocycles. The number of nitrogens with zero attached hydrogens (tertiary/aromatic N) is 2. The molecule has 6 heteroatoms. The van der Waals surface area contributed by atoms with E-state index in [1.807, 2.05) is 5.38 Å². The number of carbonyl (C=O) groups is 2. The van der Waals surface area contributed by atoms with Crippen LogP contribution in [0.2, 0.25) is 0 Å². The molecule has 1 aromatic rings. The van der Waals surface area contributed by atoms with Gasteiger partial charge in [0.15, 0.2) is 5.13 Å².